The summed E-state index contributed by atoms with van der Waals surface area (Å²) in [5, 5.41) is 0. The predicted octanol–water partition coefficient (Wildman–Crippen LogP) is 1.24. The minimum absolute atomic E-state index is 0.654. The van der Waals surface area contributed by atoms with Crippen LogP contribution in [-0.4, -0.2) is 0 Å². The van der Waals surface area contributed by atoms with Crippen LogP contribution < -0.4 is 0 Å². The van der Waals surface area contributed by atoms with Gasteiger partial charge in [-0.3, -0.25) is 0 Å². The molecular formula is C7H7. The number of unbranched alkanes of at least 4 members (excludes halogenated alkanes) is 1. The van der Waals surface area contributed by atoms with Crippen molar-refractivity contribution in [2.24, 2.45) is 0 Å². The third kappa shape index (κ3) is 5.12. The molecule has 35 valence electrons. The van der Waals surface area contributed by atoms with E-state index in [4.69, 9.17) is 6.42 Å². The largest absolute Gasteiger partial charge is 0.120 e. The minimum atomic E-state index is 0.654. The smallest absolute Gasteiger partial charge is 0.0458 e. The zero-order valence-electron chi connectivity index (χ0n) is 4.36. The third-order valence-electron chi connectivity index (χ3n) is 0.466. The van der Waals surface area contributed by atoms with Gasteiger partial charge in [0.2, 0.25) is 0 Å². The predicted molar refractivity (Wildman–Crippen MR) is 31.2 cm³/mol. The quantitative estimate of drug-likeness (QED) is 0.336. The van der Waals surface area contributed by atoms with Crippen LogP contribution >= 0.6 is 0 Å². The first-order valence-electron chi connectivity index (χ1n) is 2.09. The summed E-state index contributed by atoms with van der Waals surface area (Å²) < 4.78 is 0. The van der Waals surface area contributed by atoms with Crippen LogP contribution in [0.1, 0.15) is 13.3 Å². The molecule has 0 spiro atoms. The van der Waals surface area contributed by atoms with E-state index in [0.29, 0.717) is 6.42 Å². The zero-order valence-corrected chi connectivity index (χ0v) is 4.36. The van der Waals surface area contributed by atoms with Crippen molar-refractivity contribution < 1.29 is 0 Å². The third-order valence-corrected chi connectivity index (χ3v) is 0.466. The highest BCUT2D eigenvalue weighted by Crippen LogP contribution is 1.77. The maximum atomic E-state index is 4.92. The van der Waals surface area contributed by atoms with Gasteiger partial charge >= 0.3 is 0 Å². The Hall–Kier alpha value is -0.880. The zero-order chi connectivity index (χ0) is 5.54. The van der Waals surface area contributed by atoms with Gasteiger partial charge in [0.25, 0.3) is 0 Å². The van der Waals surface area contributed by atoms with Gasteiger partial charge in [0, 0.05) is 12.8 Å². The van der Waals surface area contributed by atoms with E-state index in [1.807, 2.05) is 0 Å². The van der Waals surface area contributed by atoms with Crippen LogP contribution in [0.25, 0.3) is 0 Å². The average Bonchev–Trinajstić information content (AvgIpc) is 1.69. The minimum Gasteiger partial charge on any atom is -0.120 e. The van der Waals surface area contributed by atoms with Crippen LogP contribution in [0.3, 0.4) is 0 Å². The Kier molecular flexibility index (Phi) is 4.48. The summed E-state index contributed by atoms with van der Waals surface area (Å²) in [5.74, 6) is 7.88. The van der Waals surface area contributed by atoms with Gasteiger partial charge in [0.15, 0.2) is 0 Å². The molecule has 0 aliphatic heterocycles. The Labute approximate surface area is 44.9 Å². The molecule has 0 aromatic heterocycles. The summed E-state index contributed by atoms with van der Waals surface area (Å²) in [6.07, 6.45) is 7.34. The average molecular weight is 91.1 g/mol. The summed E-state index contributed by atoms with van der Waals surface area (Å²) in [4.78, 5) is 0. The second-order valence-corrected chi connectivity index (χ2v) is 1.01. The Morgan fingerprint density at radius 2 is 2.43 bits per heavy atom. The molecule has 1 radical (unpaired) electrons. The number of rotatable bonds is 1. The number of hydrogen-bond acceptors (Lipinski definition) is 0. The maximum Gasteiger partial charge on any atom is 0.0458 e. The molecule has 0 aromatic carbocycles. The summed E-state index contributed by atoms with van der Waals surface area (Å²) in [6, 6.07) is 0. The standard InChI is InChI=1S/C7H7/c1-3-5-7-6-4-2/h1,7H,5H2,2H3. The molecule has 0 aliphatic carbocycles. The highest BCUT2D eigenvalue weighted by Gasteiger charge is 1.68. The highest BCUT2D eigenvalue weighted by atomic mass is 13.7. The molecule has 0 N–H and O–H groups in total. The van der Waals surface area contributed by atoms with Crippen molar-refractivity contribution in [2.75, 3.05) is 0 Å². The van der Waals surface area contributed by atoms with Gasteiger partial charge in [0.1, 0.15) is 0 Å². The van der Waals surface area contributed by atoms with E-state index < -0.39 is 0 Å². The molecule has 0 unspecified atom stereocenters. The summed E-state index contributed by atoms with van der Waals surface area (Å²) >= 11 is 0. The SMILES string of the molecule is C#CC[CH]C#CC. The molecule has 0 rings (SSSR count). The van der Waals surface area contributed by atoms with E-state index in [1.54, 1.807) is 13.3 Å². The molecule has 0 saturated heterocycles. The topological polar surface area (TPSA) is 0 Å². The van der Waals surface area contributed by atoms with Crippen LogP contribution in [0.15, 0.2) is 0 Å². The van der Waals surface area contributed by atoms with Crippen LogP contribution in [0, 0.1) is 30.6 Å². The molecule has 0 amide bonds. The normalized spacial score (nSPS) is 5.71. The van der Waals surface area contributed by atoms with E-state index in [1.165, 1.54) is 0 Å². The molecule has 0 aromatic rings. The van der Waals surface area contributed by atoms with Crippen LogP contribution in [0.2, 0.25) is 0 Å². The fourth-order valence-corrected chi connectivity index (χ4v) is 0.212. The number of hydrogen-bond donors (Lipinski definition) is 0. The van der Waals surface area contributed by atoms with Gasteiger partial charge in [-0.15, -0.1) is 18.3 Å². The van der Waals surface area contributed by atoms with E-state index in [0.717, 1.165) is 0 Å². The lowest BCUT2D eigenvalue weighted by Gasteiger charge is -1.71. The number of terminal acetylenes is 1. The van der Waals surface area contributed by atoms with Crippen molar-refractivity contribution in [3.8, 4) is 24.2 Å². The van der Waals surface area contributed by atoms with Crippen molar-refractivity contribution in [3.63, 3.8) is 0 Å². The summed E-state index contributed by atoms with van der Waals surface area (Å²) in [5.41, 5.74) is 0. The first-order chi connectivity index (χ1) is 3.41. The molecule has 0 heteroatoms. The van der Waals surface area contributed by atoms with Crippen molar-refractivity contribution in [1.82, 2.24) is 0 Å². The Morgan fingerprint density at radius 3 is 2.86 bits per heavy atom. The lowest BCUT2D eigenvalue weighted by Crippen LogP contribution is -1.62. The molecular weight excluding hydrogens is 84.1 g/mol. The molecule has 0 aliphatic rings. The monoisotopic (exact) mass is 91.1 g/mol. The van der Waals surface area contributed by atoms with E-state index >= 15 is 0 Å². The van der Waals surface area contributed by atoms with Gasteiger partial charge in [-0.05, 0) is 6.92 Å². The fraction of sp³-hybridized carbons (Fsp3) is 0.286. The van der Waals surface area contributed by atoms with Crippen LogP contribution in [0.4, 0.5) is 0 Å². The second kappa shape index (κ2) is 5.12. The lowest BCUT2D eigenvalue weighted by atomic mass is 10.3. The van der Waals surface area contributed by atoms with Gasteiger partial charge in [-0.1, -0.05) is 5.92 Å². The molecule has 0 heterocycles. The van der Waals surface area contributed by atoms with E-state index in [-0.39, 0.29) is 0 Å². The lowest BCUT2D eigenvalue weighted by molar-refractivity contribution is 1.38. The van der Waals surface area contributed by atoms with Crippen LogP contribution in [-0.2, 0) is 0 Å². The van der Waals surface area contributed by atoms with Gasteiger partial charge in [-0.25, -0.2) is 0 Å². The summed E-state index contributed by atoms with van der Waals surface area (Å²) in [6.45, 7) is 1.78. The molecule has 0 fully saturated rings. The van der Waals surface area contributed by atoms with E-state index in [2.05, 4.69) is 17.8 Å². The highest BCUT2D eigenvalue weighted by molar-refractivity contribution is 5.11. The molecule has 0 saturated carbocycles. The fourth-order valence-electron chi connectivity index (χ4n) is 0.212. The Bertz CT molecular complexity index is 115. The first kappa shape index (κ1) is 6.12. The second-order valence-electron chi connectivity index (χ2n) is 1.01. The van der Waals surface area contributed by atoms with Crippen molar-refractivity contribution in [1.29, 1.82) is 0 Å². The van der Waals surface area contributed by atoms with Crippen molar-refractivity contribution in [2.45, 2.75) is 13.3 Å². The molecule has 0 atom stereocenters. The molecule has 7 heavy (non-hydrogen) atoms. The van der Waals surface area contributed by atoms with Gasteiger partial charge in [0.05, 0.1) is 0 Å². The van der Waals surface area contributed by atoms with E-state index in [9.17, 15) is 0 Å². The summed E-state index contributed by atoms with van der Waals surface area (Å²) in [7, 11) is 0. The Morgan fingerprint density at radius 1 is 1.71 bits per heavy atom. The van der Waals surface area contributed by atoms with Gasteiger partial charge in [-0.2, -0.15) is 0 Å². The first-order valence-corrected chi connectivity index (χ1v) is 2.09. The molecule has 0 nitrogen and oxygen atoms in total. The van der Waals surface area contributed by atoms with Gasteiger partial charge < -0.3 is 0 Å². The Balaban J connectivity index is 2.98. The van der Waals surface area contributed by atoms with Crippen LogP contribution in [0.5, 0.6) is 0 Å². The van der Waals surface area contributed by atoms with Crippen molar-refractivity contribution in [3.05, 3.63) is 6.42 Å². The van der Waals surface area contributed by atoms with Crippen molar-refractivity contribution >= 4 is 0 Å². The maximum absolute atomic E-state index is 4.92. The molecule has 0 bridgehead atoms.